The average molecular weight is 352 g/mol. The molecule has 0 heterocycles. The maximum Gasteiger partial charge on any atom is 0.293 e. The van der Waals surface area contributed by atoms with Crippen LogP contribution in [0.2, 0.25) is 0 Å². The number of ketones is 1. The SMILES string of the molecule is CC(C)(C)OC=O.CNCC(=O)CCl.Cc1cc(F)cc(F)c1. The van der Waals surface area contributed by atoms with E-state index in [1.807, 2.05) is 20.8 Å². The van der Waals surface area contributed by atoms with Gasteiger partial charge in [0.25, 0.3) is 6.47 Å². The van der Waals surface area contributed by atoms with Gasteiger partial charge in [0.05, 0.1) is 12.4 Å². The van der Waals surface area contributed by atoms with Crippen molar-refractivity contribution >= 4 is 23.9 Å². The fourth-order valence-corrected chi connectivity index (χ4v) is 1.17. The second kappa shape index (κ2) is 13.0. The molecule has 4 nitrogen and oxygen atoms in total. The molecule has 1 aromatic carbocycles. The summed E-state index contributed by atoms with van der Waals surface area (Å²) in [7, 11) is 1.71. The summed E-state index contributed by atoms with van der Waals surface area (Å²) in [6, 6.07) is 3.42. The fraction of sp³-hybridized carbons (Fsp3) is 0.500. The summed E-state index contributed by atoms with van der Waals surface area (Å²) in [5, 5.41) is 2.68. The number of hydrogen-bond acceptors (Lipinski definition) is 4. The maximum atomic E-state index is 12.2. The van der Waals surface area contributed by atoms with Gasteiger partial charge in [-0.05, 0) is 52.4 Å². The first-order valence-corrected chi connectivity index (χ1v) is 7.35. The number of Topliss-reactive ketones (excluding diaryl/α,β-unsaturated/α-hetero) is 1. The Morgan fingerprint density at radius 3 is 1.91 bits per heavy atom. The fourth-order valence-electron chi connectivity index (χ4n) is 1.08. The van der Waals surface area contributed by atoms with Crippen LogP contribution in [-0.2, 0) is 14.3 Å². The van der Waals surface area contributed by atoms with Gasteiger partial charge in [0, 0.05) is 6.07 Å². The number of carbonyl (C=O) groups excluding carboxylic acids is 2. The molecule has 132 valence electrons. The average Bonchev–Trinajstić information content (AvgIpc) is 2.37. The van der Waals surface area contributed by atoms with Crippen LogP contribution in [0.4, 0.5) is 8.78 Å². The summed E-state index contributed by atoms with van der Waals surface area (Å²) in [4.78, 5) is 19.8. The summed E-state index contributed by atoms with van der Waals surface area (Å²) in [6.07, 6.45) is 0. The summed E-state index contributed by atoms with van der Waals surface area (Å²) < 4.78 is 28.9. The van der Waals surface area contributed by atoms with E-state index in [9.17, 15) is 18.4 Å². The monoisotopic (exact) mass is 351 g/mol. The predicted molar refractivity (Wildman–Crippen MR) is 87.7 cm³/mol. The van der Waals surface area contributed by atoms with E-state index in [-0.39, 0.29) is 17.3 Å². The summed E-state index contributed by atoms with van der Waals surface area (Å²) in [5.74, 6) is -0.898. The van der Waals surface area contributed by atoms with Crippen LogP contribution in [0.3, 0.4) is 0 Å². The molecule has 0 amide bonds. The predicted octanol–water partition coefficient (Wildman–Crippen LogP) is 3.24. The number of alkyl halides is 1. The number of nitrogens with one attached hydrogen (secondary N) is 1. The van der Waals surface area contributed by atoms with Crippen LogP contribution < -0.4 is 5.32 Å². The maximum absolute atomic E-state index is 12.2. The second-order valence-corrected chi connectivity index (χ2v) is 5.74. The lowest BCUT2D eigenvalue weighted by Crippen LogP contribution is -2.18. The highest BCUT2D eigenvalue weighted by atomic mass is 35.5. The molecular weight excluding hydrogens is 328 g/mol. The summed E-state index contributed by atoms with van der Waals surface area (Å²) in [5.41, 5.74) is 0.286. The highest BCUT2D eigenvalue weighted by molar-refractivity contribution is 6.27. The third kappa shape index (κ3) is 18.4. The zero-order valence-electron chi connectivity index (χ0n) is 14.1. The molecular formula is C16H24ClF2NO3. The molecule has 0 unspecified atom stereocenters. The van der Waals surface area contributed by atoms with E-state index >= 15 is 0 Å². The van der Waals surface area contributed by atoms with Gasteiger partial charge in [-0.15, -0.1) is 11.6 Å². The van der Waals surface area contributed by atoms with Crippen LogP contribution in [0, 0.1) is 18.6 Å². The Balaban J connectivity index is 0. The standard InChI is InChI=1S/C7H6F2.C5H10O2.C4H8ClNO/c1-5-2-6(8)4-7(9)3-5;1-5(2,3)7-4-6;1-6-3-4(7)2-5/h2-4H,1H3;4H,1-3H3;6H,2-3H2,1H3. The van der Waals surface area contributed by atoms with Crippen molar-refractivity contribution in [2.75, 3.05) is 19.5 Å². The van der Waals surface area contributed by atoms with E-state index in [0.717, 1.165) is 6.07 Å². The topological polar surface area (TPSA) is 55.4 Å². The van der Waals surface area contributed by atoms with E-state index in [4.69, 9.17) is 11.6 Å². The molecule has 0 aromatic heterocycles. The van der Waals surface area contributed by atoms with Crippen molar-refractivity contribution in [1.29, 1.82) is 0 Å². The molecule has 1 aromatic rings. The molecule has 0 spiro atoms. The van der Waals surface area contributed by atoms with Gasteiger partial charge in [0.15, 0.2) is 5.78 Å². The van der Waals surface area contributed by atoms with Crippen molar-refractivity contribution in [3.05, 3.63) is 35.4 Å². The third-order valence-corrected chi connectivity index (χ3v) is 2.23. The molecule has 0 saturated carbocycles. The molecule has 1 N–H and O–H groups in total. The molecule has 0 bridgehead atoms. The number of benzene rings is 1. The van der Waals surface area contributed by atoms with Crippen LogP contribution in [0.25, 0.3) is 0 Å². The van der Waals surface area contributed by atoms with Gasteiger partial charge < -0.3 is 10.1 Å². The van der Waals surface area contributed by atoms with Crippen molar-refractivity contribution in [3.8, 4) is 0 Å². The minimum absolute atomic E-state index is 0.0316. The highest BCUT2D eigenvalue weighted by Crippen LogP contribution is 2.05. The number of hydrogen-bond donors (Lipinski definition) is 1. The first-order chi connectivity index (χ1) is 10.6. The lowest BCUT2D eigenvalue weighted by molar-refractivity contribution is -0.138. The summed E-state index contributed by atoms with van der Waals surface area (Å²) in [6.45, 7) is 7.94. The van der Waals surface area contributed by atoms with E-state index in [2.05, 4.69) is 10.1 Å². The van der Waals surface area contributed by atoms with Crippen molar-refractivity contribution in [3.63, 3.8) is 0 Å². The zero-order valence-corrected chi connectivity index (χ0v) is 14.8. The first-order valence-electron chi connectivity index (χ1n) is 6.82. The largest absolute Gasteiger partial charge is 0.462 e. The normalized spacial score (nSPS) is 9.74. The lowest BCUT2D eigenvalue weighted by Gasteiger charge is -2.14. The van der Waals surface area contributed by atoms with Gasteiger partial charge in [-0.25, -0.2) is 8.78 Å². The van der Waals surface area contributed by atoms with E-state index in [1.54, 1.807) is 14.0 Å². The zero-order chi connectivity index (χ0) is 18.5. The Morgan fingerprint density at radius 2 is 1.74 bits per heavy atom. The van der Waals surface area contributed by atoms with Gasteiger partial charge in [-0.1, -0.05) is 0 Å². The molecule has 7 heteroatoms. The quantitative estimate of drug-likeness (QED) is 0.668. The Morgan fingerprint density at radius 1 is 1.26 bits per heavy atom. The Hall–Kier alpha value is -1.53. The number of aryl methyl sites for hydroxylation is 1. The molecule has 0 aliphatic heterocycles. The molecule has 0 aliphatic rings. The first kappa shape index (κ1) is 23.7. The van der Waals surface area contributed by atoms with Crippen molar-refractivity contribution in [1.82, 2.24) is 5.32 Å². The van der Waals surface area contributed by atoms with Crippen LogP contribution in [-0.4, -0.2) is 37.3 Å². The van der Waals surface area contributed by atoms with Gasteiger partial charge in [0.1, 0.15) is 17.2 Å². The smallest absolute Gasteiger partial charge is 0.293 e. The Labute approximate surface area is 141 Å². The number of halogens is 3. The molecule has 0 atom stereocenters. The van der Waals surface area contributed by atoms with E-state index in [0.29, 0.717) is 18.6 Å². The molecule has 0 aliphatic carbocycles. The highest BCUT2D eigenvalue weighted by Gasteiger charge is 2.07. The lowest BCUT2D eigenvalue weighted by atomic mass is 10.2. The van der Waals surface area contributed by atoms with Crippen LogP contribution in [0.1, 0.15) is 26.3 Å². The van der Waals surface area contributed by atoms with Crippen molar-refractivity contribution in [2.45, 2.75) is 33.3 Å². The molecule has 1 rings (SSSR count). The number of carbonyl (C=O) groups is 2. The van der Waals surface area contributed by atoms with Crippen LogP contribution >= 0.6 is 11.6 Å². The number of rotatable bonds is 4. The van der Waals surface area contributed by atoms with Gasteiger partial charge in [-0.3, -0.25) is 9.59 Å². The third-order valence-electron chi connectivity index (χ3n) is 1.93. The second-order valence-electron chi connectivity index (χ2n) is 5.48. The van der Waals surface area contributed by atoms with Crippen molar-refractivity contribution < 1.29 is 23.1 Å². The van der Waals surface area contributed by atoms with Gasteiger partial charge >= 0.3 is 0 Å². The molecule has 0 fully saturated rings. The van der Waals surface area contributed by atoms with E-state index < -0.39 is 11.6 Å². The minimum Gasteiger partial charge on any atom is -0.462 e. The molecule has 0 saturated heterocycles. The van der Waals surface area contributed by atoms with Crippen molar-refractivity contribution in [2.24, 2.45) is 0 Å². The Kier molecular flexibility index (Phi) is 13.4. The van der Waals surface area contributed by atoms with E-state index in [1.165, 1.54) is 12.1 Å². The Bertz CT molecular complexity index is 426. The minimum atomic E-state index is -0.521. The molecule has 23 heavy (non-hydrogen) atoms. The van der Waals surface area contributed by atoms with Crippen LogP contribution in [0.5, 0.6) is 0 Å². The number of ether oxygens (including phenoxy) is 1. The number of likely N-dealkylation sites (N-methyl/N-ethyl adjacent to an activating group) is 1. The van der Waals surface area contributed by atoms with Gasteiger partial charge in [-0.2, -0.15) is 0 Å². The van der Waals surface area contributed by atoms with Gasteiger partial charge in [0.2, 0.25) is 0 Å². The van der Waals surface area contributed by atoms with Crippen LogP contribution in [0.15, 0.2) is 18.2 Å². The molecule has 0 radical (unpaired) electrons. The summed E-state index contributed by atoms with van der Waals surface area (Å²) >= 11 is 5.14.